The molecule has 0 aromatic heterocycles. The molecule has 1 saturated heterocycles. The Kier molecular flexibility index (Phi) is 8.48. The zero-order valence-corrected chi connectivity index (χ0v) is 20.8. The number of hydrogen-bond acceptors (Lipinski definition) is 8. The Hall–Kier alpha value is -3.86. The molecule has 1 N–H and O–H groups in total. The van der Waals surface area contributed by atoms with Gasteiger partial charge in [-0.3, -0.25) is 14.9 Å². The molecule has 184 valence electrons. The van der Waals surface area contributed by atoms with Gasteiger partial charge in [0.15, 0.2) is 6.61 Å². The summed E-state index contributed by atoms with van der Waals surface area (Å²) >= 11 is 3.34. The van der Waals surface area contributed by atoms with Gasteiger partial charge in [-0.25, -0.2) is 14.5 Å². The van der Waals surface area contributed by atoms with Crippen molar-refractivity contribution in [2.75, 3.05) is 31.8 Å². The Morgan fingerprint density at radius 2 is 1.71 bits per heavy atom. The number of hydrogen-bond donors (Lipinski definition) is 1. The summed E-state index contributed by atoms with van der Waals surface area (Å²) in [6, 6.07) is 8.60. The van der Waals surface area contributed by atoms with Crippen LogP contribution in [-0.4, -0.2) is 50.7 Å². The molecule has 0 saturated carbocycles. The number of imide groups is 2. The third kappa shape index (κ3) is 5.99. The molecule has 1 heterocycles. The number of esters is 1. The minimum Gasteiger partial charge on any atom is -0.494 e. The maximum Gasteiger partial charge on any atom is 0.343 e. The lowest BCUT2D eigenvalue weighted by molar-refractivity contribution is -0.143. The predicted octanol–water partition coefficient (Wildman–Crippen LogP) is 3.46. The summed E-state index contributed by atoms with van der Waals surface area (Å²) < 4.78 is 21.5. The molecular weight excluding hydrogens is 524 g/mol. The number of barbiturate groups is 1. The first kappa shape index (κ1) is 25.8. The Morgan fingerprint density at radius 1 is 1.00 bits per heavy atom. The molecule has 0 unspecified atom stereocenters. The van der Waals surface area contributed by atoms with Crippen LogP contribution < -0.4 is 24.4 Å². The average molecular weight is 547 g/mol. The molecule has 0 spiro atoms. The molecule has 4 amide bonds. The van der Waals surface area contributed by atoms with Crippen LogP contribution in [0.4, 0.5) is 10.5 Å². The van der Waals surface area contributed by atoms with Gasteiger partial charge in [0.2, 0.25) is 0 Å². The van der Waals surface area contributed by atoms with E-state index >= 15 is 0 Å². The topological polar surface area (TPSA) is 120 Å². The molecule has 0 bridgehead atoms. The second kappa shape index (κ2) is 11.5. The van der Waals surface area contributed by atoms with Gasteiger partial charge in [-0.05, 0) is 65.7 Å². The predicted molar refractivity (Wildman–Crippen MR) is 129 cm³/mol. The summed E-state index contributed by atoms with van der Waals surface area (Å²) in [7, 11) is 1.25. The second-order valence-electron chi connectivity index (χ2n) is 7.01. The molecule has 1 fully saturated rings. The maximum atomic E-state index is 13.3. The summed E-state index contributed by atoms with van der Waals surface area (Å²) in [6.07, 6.45) is 1.35. The molecule has 35 heavy (non-hydrogen) atoms. The third-order valence-corrected chi connectivity index (χ3v) is 5.34. The minimum atomic E-state index is -0.903. The van der Waals surface area contributed by atoms with Crippen molar-refractivity contribution in [3.63, 3.8) is 0 Å². The van der Waals surface area contributed by atoms with Crippen molar-refractivity contribution in [1.29, 1.82) is 0 Å². The lowest BCUT2D eigenvalue weighted by Gasteiger charge is -2.28. The van der Waals surface area contributed by atoms with Crippen LogP contribution in [0.25, 0.3) is 6.08 Å². The van der Waals surface area contributed by atoms with Gasteiger partial charge >= 0.3 is 12.0 Å². The van der Waals surface area contributed by atoms with Crippen molar-refractivity contribution in [2.24, 2.45) is 0 Å². The summed E-state index contributed by atoms with van der Waals surface area (Å²) in [6.45, 7) is 3.97. The average Bonchev–Trinajstić information content (AvgIpc) is 2.82. The highest BCUT2D eigenvalue weighted by molar-refractivity contribution is 9.10. The molecule has 1 aliphatic rings. The van der Waals surface area contributed by atoms with E-state index in [0.717, 1.165) is 4.90 Å². The van der Waals surface area contributed by atoms with E-state index in [1.54, 1.807) is 44.2 Å². The Balaban J connectivity index is 1.96. The first-order chi connectivity index (χ1) is 16.8. The van der Waals surface area contributed by atoms with E-state index in [-0.39, 0.29) is 23.6 Å². The zero-order valence-electron chi connectivity index (χ0n) is 19.3. The minimum absolute atomic E-state index is 0.145. The van der Waals surface area contributed by atoms with Crippen LogP contribution in [0.15, 0.2) is 46.4 Å². The highest BCUT2D eigenvalue weighted by atomic mass is 79.9. The number of carbonyl (C=O) groups excluding carboxylic acids is 4. The number of amides is 4. The molecular formula is C24H23BrN2O8. The number of urea groups is 1. The number of nitrogens with one attached hydrogen (secondary N) is 1. The number of rotatable bonds is 9. The molecule has 0 aliphatic carbocycles. The van der Waals surface area contributed by atoms with E-state index in [1.807, 2.05) is 0 Å². The van der Waals surface area contributed by atoms with E-state index < -0.39 is 23.8 Å². The number of ether oxygens (including phenoxy) is 4. The Bertz CT molecular complexity index is 1190. The highest BCUT2D eigenvalue weighted by Gasteiger charge is 2.38. The summed E-state index contributed by atoms with van der Waals surface area (Å²) in [5.74, 6) is -1.13. The van der Waals surface area contributed by atoms with Crippen molar-refractivity contribution in [3.05, 3.63) is 52.0 Å². The van der Waals surface area contributed by atoms with Crippen molar-refractivity contribution in [2.45, 2.75) is 13.8 Å². The molecule has 1 aliphatic heterocycles. The highest BCUT2D eigenvalue weighted by Crippen LogP contribution is 2.35. The van der Waals surface area contributed by atoms with E-state index in [1.165, 1.54) is 19.3 Å². The fraction of sp³-hybridized carbons (Fsp3) is 0.250. The van der Waals surface area contributed by atoms with Crippen LogP contribution in [0.3, 0.4) is 0 Å². The van der Waals surface area contributed by atoms with Crippen molar-refractivity contribution in [1.82, 2.24) is 5.32 Å². The number of methoxy groups -OCH3 is 1. The number of benzene rings is 2. The van der Waals surface area contributed by atoms with Crippen LogP contribution in [0.2, 0.25) is 0 Å². The number of halogens is 1. The molecule has 0 radical (unpaired) electrons. The fourth-order valence-corrected chi connectivity index (χ4v) is 3.68. The van der Waals surface area contributed by atoms with Gasteiger partial charge in [-0.15, -0.1) is 0 Å². The van der Waals surface area contributed by atoms with Gasteiger partial charge in [0.05, 0.1) is 30.5 Å². The van der Waals surface area contributed by atoms with Gasteiger partial charge in [0.1, 0.15) is 22.8 Å². The van der Waals surface area contributed by atoms with Crippen molar-refractivity contribution < 1.29 is 38.1 Å². The fourth-order valence-electron chi connectivity index (χ4n) is 3.17. The molecule has 11 heteroatoms. The Morgan fingerprint density at radius 3 is 2.37 bits per heavy atom. The van der Waals surface area contributed by atoms with Gasteiger partial charge in [-0.2, -0.15) is 0 Å². The smallest absolute Gasteiger partial charge is 0.343 e. The van der Waals surface area contributed by atoms with Gasteiger partial charge in [0.25, 0.3) is 11.8 Å². The molecule has 2 aromatic carbocycles. The van der Waals surface area contributed by atoms with Crippen molar-refractivity contribution in [3.8, 4) is 17.2 Å². The van der Waals surface area contributed by atoms with Crippen molar-refractivity contribution >= 4 is 51.5 Å². The summed E-state index contributed by atoms with van der Waals surface area (Å²) in [5, 5.41) is 2.19. The third-order valence-electron chi connectivity index (χ3n) is 4.72. The standard InChI is InChI=1S/C24H23BrN2O8/c1-4-33-15-7-9-20(34-5-2)18(12-15)27-23(30)16(22(29)26-24(27)31)10-14-6-8-19(17(25)11-14)35-13-21(28)32-3/h6-12H,4-5,13H2,1-3H3,(H,26,29,31)/b16-10+. The lowest BCUT2D eigenvalue weighted by atomic mass is 10.1. The van der Waals surface area contributed by atoms with Gasteiger partial charge < -0.3 is 18.9 Å². The van der Waals surface area contributed by atoms with Crippen LogP contribution in [-0.2, 0) is 19.1 Å². The molecule has 0 atom stereocenters. The monoisotopic (exact) mass is 546 g/mol. The first-order valence-electron chi connectivity index (χ1n) is 10.6. The van der Waals surface area contributed by atoms with Crippen LogP contribution in [0.5, 0.6) is 17.2 Å². The second-order valence-corrected chi connectivity index (χ2v) is 7.86. The van der Waals surface area contributed by atoms with E-state index in [0.29, 0.717) is 34.7 Å². The summed E-state index contributed by atoms with van der Waals surface area (Å²) in [4.78, 5) is 50.7. The normalized spacial score (nSPS) is 14.6. The summed E-state index contributed by atoms with van der Waals surface area (Å²) in [5.41, 5.74) is 0.360. The van der Waals surface area contributed by atoms with E-state index in [9.17, 15) is 19.2 Å². The number of nitrogens with zero attached hydrogens (tertiary/aromatic N) is 1. The first-order valence-corrected chi connectivity index (χ1v) is 11.4. The molecule has 3 rings (SSSR count). The van der Waals surface area contributed by atoms with Gasteiger partial charge in [0, 0.05) is 6.07 Å². The van der Waals surface area contributed by atoms with Gasteiger partial charge in [-0.1, -0.05) is 6.07 Å². The van der Waals surface area contributed by atoms with Crippen LogP contribution >= 0.6 is 15.9 Å². The number of carbonyl (C=O) groups is 4. The molecule has 10 nitrogen and oxygen atoms in total. The van der Waals surface area contributed by atoms with E-state index in [2.05, 4.69) is 26.0 Å². The number of anilines is 1. The largest absolute Gasteiger partial charge is 0.494 e. The van der Waals surface area contributed by atoms with Crippen LogP contribution in [0.1, 0.15) is 19.4 Å². The lowest BCUT2D eigenvalue weighted by Crippen LogP contribution is -2.54. The van der Waals surface area contributed by atoms with E-state index in [4.69, 9.17) is 14.2 Å². The molecule has 2 aromatic rings. The van der Waals surface area contributed by atoms with Crippen LogP contribution in [0, 0.1) is 0 Å². The quantitative estimate of drug-likeness (QED) is 0.288. The maximum absolute atomic E-state index is 13.3. The Labute approximate surface area is 209 Å². The zero-order chi connectivity index (χ0) is 25.5. The SMILES string of the molecule is CCOc1ccc(OCC)c(N2C(=O)NC(=O)/C(=C\c3ccc(OCC(=O)OC)c(Br)c3)C2=O)c1.